The van der Waals surface area contributed by atoms with Crippen LogP contribution in [0.4, 0.5) is 0 Å². The number of rotatable bonds is 5. The highest BCUT2D eigenvalue weighted by Crippen LogP contribution is 2.25. The SMILES string of the molecule is Cc1noc(-c2ccccc2)c1C(=O)NCCc1ccccc1O. The van der Waals surface area contributed by atoms with Crippen molar-refractivity contribution >= 4 is 5.91 Å². The fraction of sp³-hybridized carbons (Fsp3) is 0.158. The van der Waals surface area contributed by atoms with Crippen molar-refractivity contribution in [2.75, 3.05) is 6.54 Å². The quantitative estimate of drug-likeness (QED) is 0.755. The van der Waals surface area contributed by atoms with Crippen molar-refractivity contribution in [2.45, 2.75) is 13.3 Å². The van der Waals surface area contributed by atoms with Crippen LogP contribution in [0, 0.1) is 6.92 Å². The Labute approximate surface area is 139 Å². The molecule has 24 heavy (non-hydrogen) atoms. The lowest BCUT2D eigenvalue weighted by Crippen LogP contribution is -2.26. The predicted octanol–water partition coefficient (Wildman–Crippen LogP) is 3.33. The van der Waals surface area contributed by atoms with E-state index in [1.54, 1.807) is 19.1 Å². The molecule has 0 atom stereocenters. The van der Waals surface area contributed by atoms with Crippen molar-refractivity contribution in [3.05, 3.63) is 71.4 Å². The van der Waals surface area contributed by atoms with Crippen LogP contribution in [0.2, 0.25) is 0 Å². The molecule has 0 fully saturated rings. The van der Waals surface area contributed by atoms with Crippen LogP contribution in [0.1, 0.15) is 21.6 Å². The molecule has 0 radical (unpaired) electrons. The van der Waals surface area contributed by atoms with Crippen molar-refractivity contribution in [3.8, 4) is 17.1 Å². The largest absolute Gasteiger partial charge is 0.508 e. The summed E-state index contributed by atoms with van der Waals surface area (Å²) in [6, 6.07) is 16.5. The Bertz CT molecular complexity index is 841. The summed E-state index contributed by atoms with van der Waals surface area (Å²) in [5, 5.41) is 16.5. The average molecular weight is 322 g/mol. The number of para-hydroxylation sites is 1. The summed E-state index contributed by atoms with van der Waals surface area (Å²) in [6.45, 7) is 2.16. The Kier molecular flexibility index (Phi) is 4.61. The molecule has 2 aromatic carbocycles. The van der Waals surface area contributed by atoms with E-state index in [2.05, 4.69) is 10.5 Å². The van der Waals surface area contributed by atoms with E-state index in [9.17, 15) is 9.90 Å². The number of aryl methyl sites for hydroxylation is 1. The van der Waals surface area contributed by atoms with Gasteiger partial charge in [-0.05, 0) is 25.0 Å². The third-order valence-electron chi connectivity index (χ3n) is 3.80. The number of phenolic OH excluding ortho intramolecular Hbond substituents is 1. The van der Waals surface area contributed by atoms with Gasteiger partial charge in [0.25, 0.3) is 5.91 Å². The van der Waals surface area contributed by atoms with Crippen molar-refractivity contribution in [2.24, 2.45) is 0 Å². The molecule has 1 heterocycles. The van der Waals surface area contributed by atoms with Gasteiger partial charge in [0.15, 0.2) is 5.76 Å². The molecule has 0 aliphatic rings. The van der Waals surface area contributed by atoms with Crippen molar-refractivity contribution in [3.63, 3.8) is 0 Å². The minimum absolute atomic E-state index is 0.233. The highest BCUT2D eigenvalue weighted by molar-refractivity contribution is 6.00. The lowest BCUT2D eigenvalue weighted by Gasteiger charge is -2.07. The number of nitrogens with one attached hydrogen (secondary N) is 1. The minimum atomic E-state index is -0.233. The third-order valence-corrected chi connectivity index (χ3v) is 3.80. The Morgan fingerprint density at radius 3 is 2.58 bits per heavy atom. The van der Waals surface area contributed by atoms with Gasteiger partial charge < -0.3 is 14.9 Å². The lowest BCUT2D eigenvalue weighted by atomic mass is 10.1. The molecule has 0 aliphatic carbocycles. The molecule has 0 bridgehead atoms. The molecule has 1 aromatic heterocycles. The van der Waals surface area contributed by atoms with E-state index in [1.165, 1.54) is 0 Å². The Hall–Kier alpha value is -3.08. The number of nitrogens with zero attached hydrogens (tertiary/aromatic N) is 1. The van der Waals surface area contributed by atoms with Gasteiger partial charge in [-0.25, -0.2) is 0 Å². The fourth-order valence-electron chi connectivity index (χ4n) is 2.55. The average Bonchev–Trinajstić information content (AvgIpc) is 2.99. The second kappa shape index (κ2) is 7.00. The minimum Gasteiger partial charge on any atom is -0.508 e. The van der Waals surface area contributed by atoms with E-state index in [0.29, 0.717) is 30.0 Å². The number of phenols is 1. The Morgan fingerprint density at radius 1 is 1.12 bits per heavy atom. The summed E-state index contributed by atoms with van der Waals surface area (Å²) in [7, 11) is 0. The maximum atomic E-state index is 12.5. The highest BCUT2D eigenvalue weighted by Gasteiger charge is 2.21. The number of carbonyl (C=O) groups is 1. The molecule has 0 unspecified atom stereocenters. The first-order valence-electron chi connectivity index (χ1n) is 7.73. The van der Waals surface area contributed by atoms with Crippen LogP contribution in [0.3, 0.4) is 0 Å². The summed E-state index contributed by atoms with van der Waals surface area (Å²) in [4.78, 5) is 12.5. The first kappa shape index (κ1) is 15.8. The van der Waals surface area contributed by atoms with E-state index < -0.39 is 0 Å². The first-order valence-corrected chi connectivity index (χ1v) is 7.73. The van der Waals surface area contributed by atoms with Crippen LogP contribution >= 0.6 is 0 Å². The van der Waals surface area contributed by atoms with E-state index in [1.807, 2.05) is 42.5 Å². The van der Waals surface area contributed by atoms with Crippen molar-refractivity contribution in [1.82, 2.24) is 10.5 Å². The van der Waals surface area contributed by atoms with E-state index in [-0.39, 0.29) is 11.7 Å². The predicted molar refractivity (Wildman–Crippen MR) is 90.8 cm³/mol. The highest BCUT2D eigenvalue weighted by atomic mass is 16.5. The van der Waals surface area contributed by atoms with E-state index >= 15 is 0 Å². The maximum Gasteiger partial charge on any atom is 0.257 e. The van der Waals surface area contributed by atoms with Crippen LogP contribution < -0.4 is 5.32 Å². The Morgan fingerprint density at radius 2 is 1.83 bits per heavy atom. The number of aromatic nitrogens is 1. The summed E-state index contributed by atoms with van der Waals surface area (Å²) in [5.74, 6) is 0.467. The Balaban J connectivity index is 1.72. The molecule has 0 saturated heterocycles. The zero-order valence-corrected chi connectivity index (χ0v) is 13.3. The van der Waals surface area contributed by atoms with Gasteiger partial charge >= 0.3 is 0 Å². The normalized spacial score (nSPS) is 10.5. The number of carbonyl (C=O) groups excluding carboxylic acids is 1. The third kappa shape index (κ3) is 3.30. The number of benzene rings is 2. The molecule has 122 valence electrons. The van der Waals surface area contributed by atoms with Gasteiger partial charge in [-0.15, -0.1) is 0 Å². The molecular weight excluding hydrogens is 304 g/mol. The zero-order chi connectivity index (χ0) is 16.9. The molecular formula is C19H18N2O3. The molecule has 5 heteroatoms. The molecule has 3 rings (SSSR count). The fourth-order valence-corrected chi connectivity index (χ4v) is 2.55. The maximum absolute atomic E-state index is 12.5. The standard InChI is InChI=1S/C19H18N2O3/c1-13-17(18(24-21-13)15-8-3-2-4-9-15)19(23)20-12-11-14-7-5-6-10-16(14)22/h2-10,22H,11-12H2,1H3,(H,20,23). The topological polar surface area (TPSA) is 75.4 Å². The first-order chi connectivity index (χ1) is 11.7. The van der Waals surface area contributed by atoms with Crippen LogP contribution in [0.15, 0.2) is 59.1 Å². The van der Waals surface area contributed by atoms with Crippen LogP contribution in [-0.2, 0) is 6.42 Å². The number of amides is 1. The van der Waals surface area contributed by atoms with Gasteiger partial charge in [-0.2, -0.15) is 0 Å². The van der Waals surface area contributed by atoms with Gasteiger partial charge in [0, 0.05) is 12.1 Å². The molecule has 5 nitrogen and oxygen atoms in total. The van der Waals surface area contributed by atoms with Gasteiger partial charge in [0.05, 0.1) is 5.69 Å². The molecule has 0 spiro atoms. The van der Waals surface area contributed by atoms with E-state index in [4.69, 9.17) is 4.52 Å². The summed E-state index contributed by atoms with van der Waals surface area (Å²) in [6.07, 6.45) is 0.545. The molecule has 0 aliphatic heterocycles. The van der Waals surface area contributed by atoms with Gasteiger partial charge in [0.1, 0.15) is 11.3 Å². The molecule has 1 amide bonds. The number of aromatic hydroxyl groups is 1. The lowest BCUT2D eigenvalue weighted by molar-refractivity contribution is 0.0953. The zero-order valence-electron chi connectivity index (χ0n) is 13.3. The van der Waals surface area contributed by atoms with Crippen molar-refractivity contribution in [1.29, 1.82) is 0 Å². The second-order valence-corrected chi connectivity index (χ2v) is 5.47. The second-order valence-electron chi connectivity index (χ2n) is 5.47. The van der Waals surface area contributed by atoms with Gasteiger partial charge in [-0.3, -0.25) is 4.79 Å². The smallest absolute Gasteiger partial charge is 0.257 e. The van der Waals surface area contributed by atoms with Crippen molar-refractivity contribution < 1.29 is 14.4 Å². The van der Waals surface area contributed by atoms with Crippen LogP contribution in [0.25, 0.3) is 11.3 Å². The summed E-state index contributed by atoms with van der Waals surface area (Å²) in [5.41, 5.74) is 2.60. The number of hydrogen-bond acceptors (Lipinski definition) is 4. The van der Waals surface area contributed by atoms with Gasteiger partial charge in [-0.1, -0.05) is 53.7 Å². The van der Waals surface area contributed by atoms with E-state index in [0.717, 1.165) is 11.1 Å². The summed E-state index contributed by atoms with van der Waals surface area (Å²) < 4.78 is 5.34. The van der Waals surface area contributed by atoms with Gasteiger partial charge in [0.2, 0.25) is 0 Å². The molecule has 0 saturated carbocycles. The number of hydrogen-bond donors (Lipinski definition) is 2. The molecule has 3 aromatic rings. The van der Waals surface area contributed by atoms with Crippen LogP contribution in [-0.4, -0.2) is 22.7 Å². The monoisotopic (exact) mass is 322 g/mol. The van der Waals surface area contributed by atoms with Crippen LogP contribution in [0.5, 0.6) is 5.75 Å². The molecule has 2 N–H and O–H groups in total. The summed E-state index contributed by atoms with van der Waals surface area (Å²) >= 11 is 0.